The molecular formula is C14H19BrN2O2. The van der Waals surface area contributed by atoms with E-state index in [0.717, 1.165) is 23.2 Å². The van der Waals surface area contributed by atoms with E-state index in [-0.39, 0.29) is 0 Å². The van der Waals surface area contributed by atoms with Gasteiger partial charge in [0.1, 0.15) is 0 Å². The molecule has 1 heterocycles. The van der Waals surface area contributed by atoms with E-state index < -0.39 is 5.97 Å². The quantitative estimate of drug-likeness (QED) is 0.907. The second-order valence-electron chi connectivity index (χ2n) is 5.27. The summed E-state index contributed by atoms with van der Waals surface area (Å²) in [6.45, 7) is 6.21. The zero-order valence-electron chi connectivity index (χ0n) is 11.4. The summed E-state index contributed by atoms with van der Waals surface area (Å²) in [6.07, 6.45) is 0. The van der Waals surface area contributed by atoms with Crippen molar-refractivity contribution in [1.82, 2.24) is 4.90 Å². The minimum Gasteiger partial charge on any atom is -0.478 e. The number of rotatable bonds is 2. The van der Waals surface area contributed by atoms with Crippen molar-refractivity contribution in [2.24, 2.45) is 0 Å². The highest BCUT2D eigenvalue weighted by Gasteiger charge is 2.27. The monoisotopic (exact) mass is 326 g/mol. The third kappa shape index (κ3) is 3.09. The zero-order valence-corrected chi connectivity index (χ0v) is 13.0. The van der Waals surface area contributed by atoms with Crippen LogP contribution in [0.4, 0.5) is 5.69 Å². The number of anilines is 1. The van der Waals surface area contributed by atoms with Gasteiger partial charge in [0.15, 0.2) is 0 Å². The first-order chi connectivity index (χ1) is 8.88. The summed E-state index contributed by atoms with van der Waals surface area (Å²) in [5, 5.41) is 9.13. The van der Waals surface area contributed by atoms with Crippen LogP contribution in [0, 0.1) is 0 Å². The number of nitrogens with zero attached hydrogens (tertiary/aromatic N) is 2. The highest BCUT2D eigenvalue weighted by Crippen LogP contribution is 2.26. The molecule has 0 saturated carbocycles. The van der Waals surface area contributed by atoms with Crippen LogP contribution >= 0.6 is 15.9 Å². The lowest BCUT2D eigenvalue weighted by atomic mass is 10.1. The molecule has 0 bridgehead atoms. The standard InChI is InChI=1S/C14H19BrN2O2/c1-9-7-17(8-10(2)16(9)3)13-5-11(14(18)19)4-12(15)6-13/h4-6,9-10H,7-8H2,1-3H3,(H,18,19). The number of carbonyl (C=O) groups is 1. The second-order valence-corrected chi connectivity index (χ2v) is 6.19. The average Bonchev–Trinajstić information content (AvgIpc) is 2.34. The first kappa shape index (κ1) is 14.3. The van der Waals surface area contributed by atoms with E-state index in [4.69, 9.17) is 5.11 Å². The van der Waals surface area contributed by atoms with E-state index in [2.05, 4.69) is 46.6 Å². The van der Waals surface area contributed by atoms with Crippen LogP contribution in [0.2, 0.25) is 0 Å². The van der Waals surface area contributed by atoms with E-state index in [0.29, 0.717) is 17.6 Å². The van der Waals surface area contributed by atoms with Crippen LogP contribution in [0.1, 0.15) is 24.2 Å². The molecule has 1 aromatic rings. The van der Waals surface area contributed by atoms with Gasteiger partial charge in [-0.05, 0) is 39.1 Å². The highest BCUT2D eigenvalue weighted by molar-refractivity contribution is 9.10. The zero-order chi connectivity index (χ0) is 14.2. The number of halogens is 1. The Bertz CT molecular complexity index is 480. The molecule has 2 unspecified atom stereocenters. The van der Waals surface area contributed by atoms with Crippen molar-refractivity contribution in [2.45, 2.75) is 25.9 Å². The van der Waals surface area contributed by atoms with Gasteiger partial charge in [-0.3, -0.25) is 4.90 Å². The van der Waals surface area contributed by atoms with Crippen LogP contribution in [0.3, 0.4) is 0 Å². The van der Waals surface area contributed by atoms with Crippen LogP contribution in [0.25, 0.3) is 0 Å². The van der Waals surface area contributed by atoms with Gasteiger partial charge in [-0.15, -0.1) is 0 Å². The van der Waals surface area contributed by atoms with Gasteiger partial charge >= 0.3 is 5.97 Å². The summed E-state index contributed by atoms with van der Waals surface area (Å²) in [4.78, 5) is 15.7. The fraction of sp³-hybridized carbons (Fsp3) is 0.500. The number of benzene rings is 1. The number of aromatic carboxylic acids is 1. The molecule has 1 N–H and O–H groups in total. The topological polar surface area (TPSA) is 43.8 Å². The van der Waals surface area contributed by atoms with Gasteiger partial charge in [-0.25, -0.2) is 4.79 Å². The lowest BCUT2D eigenvalue weighted by Crippen LogP contribution is -2.55. The molecule has 2 atom stereocenters. The van der Waals surface area contributed by atoms with E-state index >= 15 is 0 Å². The Morgan fingerprint density at radius 3 is 2.37 bits per heavy atom. The van der Waals surface area contributed by atoms with E-state index in [9.17, 15) is 4.79 Å². The van der Waals surface area contributed by atoms with Crippen molar-refractivity contribution in [2.75, 3.05) is 25.0 Å². The van der Waals surface area contributed by atoms with Crippen molar-refractivity contribution >= 4 is 27.6 Å². The maximum absolute atomic E-state index is 11.1. The molecule has 1 saturated heterocycles. The van der Waals surface area contributed by atoms with Gasteiger partial charge in [-0.1, -0.05) is 15.9 Å². The van der Waals surface area contributed by atoms with Crippen molar-refractivity contribution < 1.29 is 9.90 Å². The lowest BCUT2D eigenvalue weighted by molar-refractivity contribution is 0.0697. The minimum absolute atomic E-state index is 0.323. The fourth-order valence-corrected chi connectivity index (χ4v) is 2.98. The second kappa shape index (κ2) is 5.51. The molecule has 1 fully saturated rings. The van der Waals surface area contributed by atoms with Crippen molar-refractivity contribution in [3.8, 4) is 0 Å². The Morgan fingerprint density at radius 1 is 1.26 bits per heavy atom. The molecule has 5 heteroatoms. The first-order valence-corrected chi connectivity index (χ1v) is 7.18. The lowest BCUT2D eigenvalue weighted by Gasteiger charge is -2.43. The molecule has 1 aromatic carbocycles. The van der Waals surface area contributed by atoms with E-state index in [1.807, 2.05) is 6.07 Å². The summed E-state index contributed by atoms with van der Waals surface area (Å²) < 4.78 is 0.807. The largest absolute Gasteiger partial charge is 0.478 e. The van der Waals surface area contributed by atoms with E-state index in [1.54, 1.807) is 12.1 Å². The average molecular weight is 327 g/mol. The summed E-state index contributed by atoms with van der Waals surface area (Å²) in [5.74, 6) is -0.891. The summed E-state index contributed by atoms with van der Waals surface area (Å²) in [5.41, 5.74) is 1.29. The van der Waals surface area contributed by atoms with Gasteiger partial charge in [0, 0.05) is 35.3 Å². The minimum atomic E-state index is -0.891. The van der Waals surface area contributed by atoms with Crippen LogP contribution in [-0.4, -0.2) is 48.2 Å². The Morgan fingerprint density at radius 2 is 1.84 bits per heavy atom. The number of hydrogen-bond donors (Lipinski definition) is 1. The van der Waals surface area contributed by atoms with Crippen LogP contribution in [0.15, 0.2) is 22.7 Å². The van der Waals surface area contributed by atoms with Gasteiger partial charge < -0.3 is 10.0 Å². The normalized spacial score (nSPS) is 24.5. The van der Waals surface area contributed by atoms with Crippen LogP contribution in [-0.2, 0) is 0 Å². The van der Waals surface area contributed by atoms with Crippen molar-refractivity contribution in [3.63, 3.8) is 0 Å². The number of likely N-dealkylation sites (N-methyl/N-ethyl adjacent to an activating group) is 1. The first-order valence-electron chi connectivity index (χ1n) is 6.39. The molecule has 19 heavy (non-hydrogen) atoms. The molecule has 2 rings (SSSR count). The number of piperazine rings is 1. The molecule has 0 amide bonds. The Labute approximate surface area is 122 Å². The maximum Gasteiger partial charge on any atom is 0.335 e. The molecule has 0 radical (unpaired) electrons. The summed E-state index contributed by atoms with van der Waals surface area (Å²) in [7, 11) is 2.14. The SMILES string of the molecule is CC1CN(c2cc(Br)cc(C(=O)O)c2)CC(C)N1C. The predicted molar refractivity (Wildman–Crippen MR) is 80.0 cm³/mol. The predicted octanol–water partition coefficient (Wildman–Crippen LogP) is 2.68. The molecule has 0 aromatic heterocycles. The van der Waals surface area contributed by atoms with Gasteiger partial charge in [0.2, 0.25) is 0 Å². The smallest absolute Gasteiger partial charge is 0.335 e. The van der Waals surface area contributed by atoms with Crippen LogP contribution in [0.5, 0.6) is 0 Å². The number of carboxylic acid groups (broad SMARTS) is 1. The Kier molecular flexibility index (Phi) is 4.16. The molecule has 0 aliphatic carbocycles. The fourth-order valence-electron chi connectivity index (χ4n) is 2.50. The highest BCUT2D eigenvalue weighted by atomic mass is 79.9. The van der Waals surface area contributed by atoms with Gasteiger partial charge in [0.05, 0.1) is 5.56 Å². The number of carboxylic acids is 1. The van der Waals surface area contributed by atoms with Crippen molar-refractivity contribution in [3.05, 3.63) is 28.2 Å². The third-order valence-electron chi connectivity index (χ3n) is 3.85. The molecule has 104 valence electrons. The van der Waals surface area contributed by atoms with E-state index in [1.165, 1.54) is 0 Å². The van der Waals surface area contributed by atoms with Gasteiger partial charge in [-0.2, -0.15) is 0 Å². The third-order valence-corrected chi connectivity index (χ3v) is 4.31. The molecular weight excluding hydrogens is 308 g/mol. The molecule has 4 nitrogen and oxygen atoms in total. The molecule has 1 aliphatic rings. The summed E-state index contributed by atoms with van der Waals surface area (Å²) in [6, 6.07) is 6.27. The molecule has 1 aliphatic heterocycles. The molecule has 0 spiro atoms. The van der Waals surface area contributed by atoms with Crippen LogP contribution < -0.4 is 4.90 Å². The summed E-state index contributed by atoms with van der Waals surface area (Å²) >= 11 is 3.39. The number of hydrogen-bond acceptors (Lipinski definition) is 3. The Hall–Kier alpha value is -1.07. The maximum atomic E-state index is 11.1. The Balaban J connectivity index is 2.29. The van der Waals surface area contributed by atoms with Crippen molar-refractivity contribution in [1.29, 1.82) is 0 Å². The van der Waals surface area contributed by atoms with Gasteiger partial charge in [0.25, 0.3) is 0 Å².